The number of carbonyl (C=O) groups is 2. The first-order valence-corrected chi connectivity index (χ1v) is 14.8. The second kappa shape index (κ2) is 12.7. The molecule has 0 radical (unpaired) electrons. The van der Waals surface area contributed by atoms with Crippen LogP contribution in [-0.2, 0) is 4.74 Å². The molecule has 2 aromatic heterocycles. The van der Waals surface area contributed by atoms with E-state index >= 15 is 0 Å². The molecule has 10 heteroatoms. The van der Waals surface area contributed by atoms with Gasteiger partial charge in [0.2, 0.25) is 0 Å². The van der Waals surface area contributed by atoms with E-state index in [1.54, 1.807) is 27.2 Å². The topological polar surface area (TPSA) is 121 Å². The van der Waals surface area contributed by atoms with E-state index in [1.165, 1.54) is 12.8 Å². The molecule has 0 unspecified atom stereocenters. The molecule has 2 N–H and O–H groups in total. The summed E-state index contributed by atoms with van der Waals surface area (Å²) in [5.74, 6) is 1.20. The summed E-state index contributed by atoms with van der Waals surface area (Å²) in [4.78, 5) is 43.4. The number of anilines is 2. The molecule has 2 aliphatic rings. The maximum atomic E-state index is 13.7. The van der Waals surface area contributed by atoms with Crippen LogP contribution in [0.4, 0.5) is 11.6 Å². The first-order valence-electron chi connectivity index (χ1n) is 14.8. The molecule has 2 aromatic rings. The summed E-state index contributed by atoms with van der Waals surface area (Å²) >= 11 is 0. The van der Waals surface area contributed by atoms with E-state index in [0.29, 0.717) is 48.6 Å². The normalized spacial score (nSPS) is 20.8. The Morgan fingerprint density at radius 3 is 2.44 bits per heavy atom. The lowest BCUT2D eigenvalue weighted by molar-refractivity contribution is 0.0506. The highest BCUT2D eigenvalue weighted by Gasteiger charge is 2.38. The molecule has 1 amide bonds. The minimum Gasteiger partial charge on any atom is -0.478 e. The quantitative estimate of drug-likeness (QED) is 0.429. The summed E-state index contributed by atoms with van der Waals surface area (Å²) in [5.41, 5.74) is 2.09. The number of ether oxygens (including phenoxy) is 1. The van der Waals surface area contributed by atoms with Crippen LogP contribution >= 0.6 is 0 Å². The van der Waals surface area contributed by atoms with Crippen molar-refractivity contribution < 1.29 is 19.4 Å². The van der Waals surface area contributed by atoms with E-state index in [9.17, 15) is 14.7 Å². The summed E-state index contributed by atoms with van der Waals surface area (Å²) in [6, 6.07) is 1.82. The standard InChI is InChI=1S/C31H46N6O4/c1-19(2)27-28(32-13-12-22-8-10-23(41-7)11-9-22)33-17-24(35-27)29(38)37-15-14-36(18-31(37,5)6)25-16-20(3)26(30(39)40)21(4)34-25/h16-17,19,22-23H,8-15,18H2,1-7H3,(H,32,33)(H,39,40). The van der Waals surface area contributed by atoms with Crippen LogP contribution in [0.25, 0.3) is 0 Å². The third-order valence-corrected chi connectivity index (χ3v) is 8.61. The maximum absolute atomic E-state index is 13.7. The Hall–Kier alpha value is -3.27. The molecule has 1 aliphatic carbocycles. The van der Waals surface area contributed by atoms with Crippen molar-refractivity contribution in [2.75, 3.05) is 43.5 Å². The van der Waals surface area contributed by atoms with E-state index in [-0.39, 0.29) is 17.4 Å². The van der Waals surface area contributed by atoms with E-state index in [0.717, 1.165) is 43.1 Å². The molecule has 0 bridgehead atoms. The predicted molar refractivity (Wildman–Crippen MR) is 160 cm³/mol. The number of hydrogen-bond donors (Lipinski definition) is 2. The zero-order valence-electron chi connectivity index (χ0n) is 25.7. The largest absolute Gasteiger partial charge is 0.478 e. The summed E-state index contributed by atoms with van der Waals surface area (Å²) < 4.78 is 5.50. The molecule has 1 aliphatic heterocycles. The lowest BCUT2D eigenvalue weighted by Gasteiger charge is -2.47. The van der Waals surface area contributed by atoms with Crippen LogP contribution in [-0.4, -0.2) is 81.8 Å². The number of methoxy groups -OCH3 is 1. The van der Waals surface area contributed by atoms with Gasteiger partial charge in [0.05, 0.1) is 34.8 Å². The lowest BCUT2D eigenvalue weighted by Crippen LogP contribution is -2.61. The number of aromatic carboxylic acids is 1. The van der Waals surface area contributed by atoms with E-state index < -0.39 is 11.5 Å². The molecule has 41 heavy (non-hydrogen) atoms. The van der Waals surface area contributed by atoms with Crippen molar-refractivity contribution in [3.05, 3.63) is 40.5 Å². The van der Waals surface area contributed by atoms with Crippen LogP contribution in [0, 0.1) is 19.8 Å². The van der Waals surface area contributed by atoms with Gasteiger partial charge in [-0.05, 0) is 83.3 Å². The zero-order valence-corrected chi connectivity index (χ0v) is 25.7. The van der Waals surface area contributed by atoms with Crippen molar-refractivity contribution in [2.45, 2.75) is 91.2 Å². The van der Waals surface area contributed by atoms with Crippen molar-refractivity contribution >= 4 is 23.5 Å². The highest BCUT2D eigenvalue weighted by Crippen LogP contribution is 2.30. The van der Waals surface area contributed by atoms with Gasteiger partial charge in [-0.15, -0.1) is 0 Å². The Bertz CT molecular complexity index is 1230. The number of carbonyl (C=O) groups excluding carboxylic acids is 1. The maximum Gasteiger partial charge on any atom is 0.337 e. The molecule has 0 aromatic carbocycles. The SMILES string of the molecule is COC1CCC(CCNc2ncc(C(=O)N3CCN(c4cc(C)c(C(=O)O)c(C)n4)CC3(C)C)nc2C(C)C)CC1. The number of piperazine rings is 1. The Balaban J connectivity index is 1.42. The number of carboxylic acids is 1. The third-order valence-electron chi connectivity index (χ3n) is 8.61. The Kier molecular flexibility index (Phi) is 9.51. The average Bonchev–Trinajstić information content (AvgIpc) is 2.92. The van der Waals surface area contributed by atoms with Crippen LogP contribution in [0.3, 0.4) is 0 Å². The zero-order chi connectivity index (χ0) is 29.9. The number of hydrogen-bond acceptors (Lipinski definition) is 8. The molecule has 0 atom stereocenters. The van der Waals surface area contributed by atoms with Gasteiger partial charge in [0.15, 0.2) is 0 Å². The number of aromatic nitrogens is 3. The number of rotatable bonds is 9. The number of amides is 1. The summed E-state index contributed by atoms with van der Waals surface area (Å²) in [7, 11) is 1.80. The molecule has 4 rings (SSSR count). The van der Waals surface area contributed by atoms with Gasteiger partial charge in [-0.25, -0.2) is 19.7 Å². The second-order valence-electron chi connectivity index (χ2n) is 12.5. The highest BCUT2D eigenvalue weighted by atomic mass is 16.5. The van der Waals surface area contributed by atoms with E-state index in [2.05, 4.69) is 34.0 Å². The molecular formula is C31H46N6O4. The van der Waals surface area contributed by atoms with Crippen molar-refractivity contribution in [2.24, 2.45) is 5.92 Å². The first-order chi connectivity index (χ1) is 19.4. The summed E-state index contributed by atoms with van der Waals surface area (Å²) in [6.07, 6.45) is 7.75. The molecule has 0 spiro atoms. The number of nitrogens with one attached hydrogen (secondary N) is 1. The van der Waals surface area contributed by atoms with Crippen LogP contribution < -0.4 is 10.2 Å². The molecule has 1 saturated heterocycles. The number of nitrogens with zero attached hydrogens (tertiary/aromatic N) is 5. The first kappa shape index (κ1) is 30.7. The summed E-state index contributed by atoms with van der Waals surface area (Å²) in [5, 5.41) is 13.0. The van der Waals surface area contributed by atoms with Crippen LogP contribution in [0.2, 0.25) is 0 Å². The number of carboxylic acid groups (broad SMARTS) is 1. The minimum absolute atomic E-state index is 0.117. The van der Waals surface area contributed by atoms with Gasteiger partial charge in [-0.1, -0.05) is 13.8 Å². The van der Waals surface area contributed by atoms with Gasteiger partial charge < -0.3 is 25.0 Å². The van der Waals surface area contributed by atoms with Gasteiger partial charge in [0.25, 0.3) is 5.91 Å². The highest BCUT2D eigenvalue weighted by molar-refractivity contribution is 5.93. The molecule has 10 nitrogen and oxygen atoms in total. The minimum atomic E-state index is -0.970. The van der Waals surface area contributed by atoms with Crippen LogP contribution in [0.1, 0.15) is 104 Å². The van der Waals surface area contributed by atoms with Crippen molar-refractivity contribution in [3.63, 3.8) is 0 Å². The van der Waals surface area contributed by atoms with Crippen molar-refractivity contribution in [3.8, 4) is 0 Å². The predicted octanol–water partition coefficient (Wildman–Crippen LogP) is 5.06. The molecule has 1 saturated carbocycles. The molecule has 2 fully saturated rings. The summed E-state index contributed by atoms with van der Waals surface area (Å²) in [6.45, 7) is 14.2. The van der Waals surface area contributed by atoms with Gasteiger partial charge in [0, 0.05) is 33.3 Å². The molecular weight excluding hydrogens is 520 g/mol. The fraction of sp³-hybridized carbons (Fsp3) is 0.645. The monoisotopic (exact) mass is 566 g/mol. The van der Waals surface area contributed by atoms with Crippen molar-refractivity contribution in [1.29, 1.82) is 0 Å². The van der Waals surface area contributed by atoms with Crippen LogP contribution in [0.15, 0.2) is 12.3 Å². The Morgan fingerprint density at radius 1 is 1.15 bits per heavy atom. The van der Waals surface area contributed by atoms with E-state index in [1.807, 2.05) is 24.8 Å². The smallest absolute Gasteiger partial charge is 0.337 e. The van der Waals surface area contributed by atoms with Gasteiger partial charge in [0.1, 0.15) is 17.3 Å². The second-order valence-corrected chi connectivity index (χ2v) is 12.5. The van der Waals surface area contributed by atoms with Gasteiger partial charge in [-0.2, -0.15) is 0 Å². The number of aryl methyl sites for hydroxylation is 2. The average molecular weight is 567 g/mol. The van der Waals surface area contributed by atoms with Crippen molar-refractivity contribution in [1.82, 2.24) is 19.9 Å². The number of pyridine rings is 1. The Labute approximate surface area is 243 Å². The third kappa shape index (κ3) is 6.97. The van der Waals surface area contributed by atoms with E-state index in [4.69, 9.17) is 9.72 Å². The van der Waals surface area contributed by atoms with Crippen LogP contribution in [0.5, 0.6) is 0 Å². The van der Waals surface area contributed by atoms with Gasteiger partial charge in [-0.3, -0.25) is 4.79 Å². The van der Waals surface area contributed by atoms with Gasteiger partial charge >= 0.3 is 5.97 Å². The Morgan fingerprint density at radius 2 is 1.85 bits per heavy atom. The fourth-order valence-corrected chi connectivity index (χ4v) is 6.26. The fourth-order valence-electron chi connectivity index (χ4n) is 6.26. The lowest BCUT2D eigenvalue weighted by atomic mass is 9.85. The molecule has 3 heterocycles. The molecule has 224 valence electrons.